The van der Waals surface area contributed by atoms with Crippen LogP contribution < -0.4 is 4.74 Å². The van der Waals surface area contributed by atoms with Crippen LogP contribution in [0.15, 0.2) is 53.1 Å². The summed E-state index contributed by atoms with van der Waals surface area (Å²) in [6, 6.07) is 13.5. The van der Waals surface area contributed by atoms with Gasteiger partial charge in [-0.05, 0) is 25.1 Å². The van der Waals surface area contributed by atoms with E-state index < -0.39 is 11.6 Å². The minimum atomic E-state index is -0.849. The lowest BCUT2D eigenvalue weighted by Gasteiger charge is -2.34. The molecule has 4 rings (SSSR count). The molecule has 6 nitrogen and oxygen atoms in total. The number of piperazine rings is 1. The Balaban J connectivity index is 1.37. The molecule has 0 radical (unpaired) electrons. The van der Waals surface area contributed by atoms with E-state index in [0.717, 1.165) is 6.07 Å². The quantitative estimate of drug-likeness (QED) is 0.599. The molecule has 1 aliphatic heterocycles. The molecule has 3 aromatic rings. The van der Waals surface area contributed by atoms with Crippen molar-refractivity contribution in [2.45, 2.75) is 20.1 Å². The number of carbonyl (C=O) groups excluding carboxylic acids is 1. The Morgan fingerprint density at radius 2 is 1.81 bits per heavy atom. The molecular weight excluding hydrogens is 404 g/mol. The van der Waals surface area contributed by atoms with Gasteiger partial charge < -0.3 is 14.2 Å². The van der Waals surface area contributed by atoms with Crippen LogP contribution in [0.5, 0.6) is 5.75 Å². The summed E-state index contributed by atoms with van der Waals surface area (Å²) >= 11 is 0. The normalized spacial score (nSPS) is 14.6. The standard InChI is InChI=1S/C23H23F2N3O3/c1-16-19(15-30-18-7-3-2-4-8-18)22(26-31-16)23(29)28-12-10-27(11-13-28)14-17-6-5-9-20(24)21(17)25/h2-9H,10-15H2,1H3. The molecule has 1 aromatic heterocycles. The summed E-state index contributed by atoms with van der Waals surface area (Å²) in [5.74, 6) is -0.653. The summed E-state index contributed by atoms with van der Waals surface area (Å²) in [5, 5.41) is 3.96. The number of hydrogen-bond donors (Lipinski definition) is 0. The van der Waals surface area contributed by atoms with Gasteiger partial charge in [0.25, 0.3) is 5.91 Å². The van der Waals surface area contributed by atoms with Gasteiger partial charge in [-0.3, -0.25) is 9.69 Å². The van der Waals surface area contributed by atoms with E-state index in [-0.39, 0.29) is 18.2 Å². The maximum absolute atomic E-state index is 13.9. The number of carbonyl (C=O) groups is 1. The molecule has 2 heterocycles. The number of halogens is 2. The van der Waals surface area contributed by atoms with Crippen molar-refractivity contribution in [2.75, 3.05) is 26.2 Å². The number of amides is 1. The summed E-state index contributed by atoms with van der Waals surface area (Å²) in [5.41, 5.74) is 1.18. The predicted molar refractivity (Wildman–Crippen MR) is 110 cm³/mol. The van der Waals surface area contributed by atoms with Crippen LogP contribution in [-0.4, -0.2) is 47.0 Å². The lowest BCUT2D eigenvalue weighted by atomic mass is 10.1. The molecule has 2 aromatic carbocycles. The zero-order valence-corrected chi connectivity index (χ0v) is 17.2. The van der Waals surface area contributed by atoms with Crippen LogP contribution in [-0.2, 0) is 13.2 Å². The van der Waals surface area contributed by atoms with E-state index >= 15 is 0 Å². The van der Waals surface area contributed by atoms with E-state index in [1.807, 2.05) is 35.2 Å². The third-order valence-corrected chi connectivity index (χ3v) is 5.40. The summed E-state index contributed by atoms with van der Waals surface area (Å²) in [4.78, 5) is 16.7. The predicted octanol–water partition coefficient (Wildman–Crippen LogP) is 3.80. The highest BCUT2D eigenvalue weighted by Crippen LogP contribution is 2.20. The molecule has 1 fully saturated rings. The first-order chi connectivity index (χ1) is 15.0. The summed E-state index contributed by atoms with van der Waals surface area (Å²) in [7, 11) is 0. The summed E-state index contributed by atoms with van der Waals surface area (Å²) < 4.78 is 38.4. The minimum absolute atomic E-state index is 0.180. The van der Waals surface area contributed by atoms with Gasteiger partial charge in [0.2, 0.25) is 0 Å². The molecule has 1 saturated heterocycles. The van der Waals surface area contributed by atoms with Crippen molar-refractivity contribution in [1.29, 1.82) is 0 Å². The monoisotopic (exact) mass is 427 g/mol. The van der Waals surface area contributed by atoms with Crippen LogP contribution in [0, 0.1) is 18.6 Å². The lowest BCUT2D eigenvalue weighted by Crippen LogP contribution is -2.48. The first-order valence-corrected chi connectivity index (χ1v) is 10.1. The fourth-order valence-electron chi connectivity index (χ4n) is 3.57. The average molecular weight is 427 g/mol. The summed E-state index contributed by atoms with van der Waals surface area (Å²) in [6.45, 7) is 4.24. The number of hydrogen-bond acceptors (Lipinski definition) is 5. The number of ether oxygens (including phenoxy) is 1. The molecule has 8 heteroatoms. The van der Waals surface area contributed by atoms with Crippen LogP contribution >= 0.6 is 0 Å². The third-order valence-electron chi connectivity index (χ3n) is 5.40. The van der Waals surface area contributed by atoms with Gasteiger partial charge in [0.15, 0.2) is 17.3 Å². The zero-order chi connectivity index (χ0) is 21.8. The van der Waals surface area contributed by atoms with Gasteiger partial charge in [0, 0.05) is 38.3 Å². The molecule has 0 unspecified atom stereocenters. The number of benzene rings is 2. The Kier molecular flexibility index (Phi) is 6.27. The number of nitrogens with zero attached hydrogens (tertiary/aromatic N) is 3. The van der Waals surface area contributed by atoms with Crippen molar-refractivity contribution in [3.05, 3.63) is 82.7 Å². The number of para-hydroxylation sites is 1. The Morgan fingerprint density at radius 3 is 2.55 bits per heavy atom. The first kappa shape index (κ1) is 21.0. The van der Waals surface area contributed by atoms with Crippen molar-refractivity contribution in [3.63, 3.8) is 0 Å². The van der Waals surface area contributed by atoms with E-state index in [4.69, 9.17) is 9.26 Å². The molecule has 162 valence electrons. The van der Waals surface area contributed by atoms with Crippen molar-refractivity contribution >= 4 is 5.91 Å². The SMILES string of the molecule is Cc1onc(C(=O)N2CCN(Cc3cccc(F)c3F)CC2)c1COc1ccccc1. The minimum Gasteiger partial charge on any atom is -0.489 e. The molecule has 0 spiro atoms. The highest BCUT2D eigenvalue weighted by molar-refractivity contribution is 5.93. The second kappa shape index (κ2) is 9.26. The number of aromatic nitrogens is 1. The largest absolute Gasteiger partial charge is 0.489 e. The van der Waals surface area contributed by atoms with Gasteiger partial charge in [-0.15, -0.1) is 0 Å². The van der Waals surface area contributed by atoms with Gasteiger partial charge in [-0.25, -0.2) is 8.78 Å². The first-order valence-electron chi connectivity index (χ1n) is 10.1. The lowest BCUT2D eigenvalue weighted by molar-refractivity contribution is 0.0614. The molecule has 0 atom stereocenters. The zero-order valence-electron chi connectivity index (χ0n) is 17.2. The molecule has 1 amide bonds. The van der Waals surface area contributed by atoms with Gasteiger partial charge >= 0.3 is 0 Å². The van der Waals surface area contributed by atoms with Gasteiger partial charge in [0.05, 0.1) is 5.56 Å². The van der Waals surface area contributed by atoms with Crippen molar-refractivity contribution in [2.24, 2.45) is 0 Å². The second-order valence-corrected chi connectivity index (χ2v) is 7.45. The van der Waals surface area contributed by atoms with Crippen LogP contribution in [0.2, 0.25) is 0 Å². The Morgan fingerprint density at radius 1 is 1.06 bits per heavy atom. The van der Waals surface area contributed by atoms with E-state index in [2.05, 4.69) is 5.16 Å². The molecule has 1 aliphatic rings. The maximum Gasteiger partial charge on any atom is 0.276 e. The van der Waals surface area contributed by atoms with Crippen molar-refractivity contribution in [1.82, 2.24) is 15.0 Å². The Bertz CT molecular complexity index is 1050. The van der Waals surface area contributed by atoms with Crippen LogP contribution in [0.4, 0.5) is 8.78 Å². The fourth-order valence-corrected chi connectivity index (χ4v) is 3.57. The van der Waals surface area contributed by atoms with E-state index in [1.165, 1.54) is 6.07 Å². The Labute approximate surface area is 179 Å². The van der Waals surface area contributed by atoms with Crippen LogP contribution in [0.3, 0.4) is 0 Å². The molecule has 0 saturated carbocycles. The van der Waals surface area contributed by atoms with Gasteiger partial charge in [-0.1, -0.05) is 35.5 Å². The summed E-state index contributed by atoms with van der Waals surface area (Å²) in [6.07, 6.45) is 0. The molecule has 31 heavy (non-hydrogen) atoms. The van der Waals surface area contributed by atoms with Crippen molar-refractivity contribution in [3.8, 4) is 5.75 Å². The molecule has 0 N–H and O–H groups in total. The van der Waals surface area contributed by atoms with E-state index in [0.29, 0.717) is 55.4 Å². The number of rotatable bonds is 6. The topological polar surface area (TPSA) is 58.8 Å². The van der Waals surface area contributed by atoms with Crippen LogP contribution in [0.1, 0.15) is 27.4 Å². The highest BCUT2D eigenvalue weighted by atomic mass is 19.2. The molecule has 0 aliphatic carbocycles. The second-order valence-electron chi connectivity index (χ2n) is 7.45. The van der Waals surface area contributed by atoms with Crippen LogP contribution in [0.25, 0.3) is 0 Å². The maximum atomic E-state index is 13.9. The van der Waals surface area contributed by atoms with E-state index in [9.17, 15) is 13.6 Å². The fraction of sp³-hybridized carbons (Fsp3) is 0.304. The third kappa shape index (κ3) is 4.74. The smallest absolute Gasteiger partial charge is 0.276 e. The van der Waals surface area contributed by atoms with Crippen molar-refractivity contribution < 1.29 is 22.8 Å². The molecular formula is C23H23F2N3O3. The Hall–Kier alpha value is -3.26. The average Bonchev–Trinajstić information content (AvgIpc) is 3.16. The van der Waals surface area contributed by atoms with E-state index in [1.54, 1.807) is 17.9 Å². The molecule has 0 bridgehead atoms. The number of aryl methyl sites for hydroxylation is 1. The van der Waals surface area contributed by atoms with Gasteiger partial charge in [-0.2, -0.15) is 0 Å². The highest BCUT2D eigenvalue weighted by Gasteiger charge is 2.28. The van der Waals surface area contributed by atoms with Gasteiger partial charge in [0.1, 0.15) is 18.1 Å².